The van der Waals surface area contributed by atoms with Crippen LogP contribution in [-0.4, -0.2) is 54.7 Å². The number of carbonyl (C=O) groups is 1. The highest BCUT2D eigenvalue weighted by Gasteiger charge is 2.27. The number of rotatable bonds is 7. The van der Waals surface area contributed by atoms with Crippen LogP contribution >= 0.6 is 0 Å². The van der Waals surface area contributed by atoms with Gasteiger partial charge in [-0.3, -0.25) is 14.5 Å². The average molecular weight is 371 g/mol. The van der Waals surface area contributed by atoms with Gasteiger partial charge >= 0.3 is 0 Å². The van der Waals surface area contributed by atoms with Gasteiger partial charge in [-0.1, -0.05) is 44.9 Å². The van der Waals surface area contributed by atoms with E-state index in [0.29, 0.717) is 23.5 Å². The fourth-order valence-electron chi connectivity index (χ4n) is 4.02. The molecule has 2 heterocycles. The Balaban J connectivity index is 1.79. The third-order valence-electron chi connectivity index (χ3n) is 5.57. The second-order valence-corrected chi connectivity index (χ2v) is 7.10. The molecule has 3 rings (SSSR count). The largest absolute Gasteiger partial charge is 0.379 e. The lowest BCUT2D eigenvalue weighted by atomic mass is 9.92. The zero-order valence-electron chi connectivity index (χ0n) is 16.2. The highest BCUT2D eigenvalue weighted by atomic mass is 16.5. The number of H-pyrrole nitrogens is 1. The molecule has 1 amide bonds. The summed E-state index contributed by atoms with van der Waals surface area (Å²) in [6, 6.07) is 9.06. The number of aromatic amines is 1. The van der Waals surface area contributed by atoms with E-state index in [1.54, 1.807) is 0 Å². The van der Waals surface area contributed by atoms with Crippen LogP contribution in [0.1, 0.15) is 37.0 Å². The van der Waals surface area contributed by atoms with Gasteiger partial charge in [-0.15, -0.1) is 0 Å². The fourth-order valence-corrected chi connectivity index (χ4v) is 4.02. The Morgan fingerprint density at radius 1 is 1.22 bits per heavy atom. The van der Waals surface area contributed by atoms with Crippen LogP contribution in [0.5, 0.6) is 0 Å². The summed E-state index contributed by atoms with van der Waals surface area (Å²) in [4.78, 5) is 30.0. The molecule has 1 atom stereocenters. The Labute approximate surface area is 159 Å². The predicted octanol–water partition coefficient (Wildman–Crippen LogP) is 2.39. The molecule has 1 aliphatic rings. The summed E-state index contributed by atoms with van der Waals surface area (Å²) < 4.78 is 5.49. The molecule has 1 saturated heterocycles. The summed E-state index contributed by atoms with van der Waals surface area (Å²) in [6.45, 7) is 8.25. The molecule has 1 aliphatic heterocycles. The molecule has 2 N–H and O–H groups in total. The maximum Gasteiger partial charge on any atom is 0.252 e. The van der Waals surface area contributed by atoms with Crippen molar-refractivity contribution < 1.29 is 9.53 Å². The van der Waals surface area contributed by atoms with E-state index >= 15 is 0 Å². The minimum Gasteiger partial charge on any atom is -0.379 e. The molecule has 0 saturated carbocycles. The fraction of sp³-hybridized carbons (Fsp3) is 0.524. The summed E-state index contributed by atoms with van der Waals surface area (Å²) >= 11 is 0. The normalized spacial score (nSPS) is 16.6. The van der Waals surface area contributed by atoms with Crippen LogP contribution in [0.25, 0.3) is 10.9 Å². The highest BCUT2D eigenvalue weighted by Crippen LogP contribution is 2.20. The maximum absolute atomic E-state index is 12.9. The van der Waals surface area contributed by atoms with Crippen LogP contribution in [0.15, 0.2) is 35.1 Å². The van der Waals surface area contributed by atoms with Crippen molar-refractivity contribution in [2.75, 3.05) is 32.8 Å². The molecule has 0 radical (unpaired) electrons. The Morgan fingerprint density at radius 2 is 1.93 bits per heavy atom. The van der Waals surface area contributed by atoms with E-state index < -0.39 is 0 Å². The molecule has 6 nitrogen and oxygen atoms in total. The molecule has 1 fully saturated rings. The lowest BCUT2D eigenvalue weighted by molar-refractivity contribution is 0.00191. The van der Waals surface area contributed by atoms with Gasteiger partial charge in [-0.2, -0.15) is 0 Å². The summed E-state index contributed by atoms with van der Waals surface area (Å²) in [5.74, 6) is 0.320. The third kappa shape index (κ3) is 4.57. The van der Waals surface area contributed by atoms with Crippen molar-refractivity contribution >= 4 is 16.8 Å². The summed E-state index contributed by atoms with van der Waals surface area (Å²) in [5, 5.41) is 3.85. The Kier molecular flexibility index (Phi) is 6.63. The number of nitrogens with zero attached hydrogens (tertiary/aromatic N) is 1. The minimum absolute atomic E-state index is 0.193. The molecule has 2 aromatic rings. The van der Waals surface area contributed by atoms with Gasteiger partial charge in [-0.25, -0.2) is 0 Å². The minimum atomic E-state index is -0.261. The van der Waals surface area contributed by atoms with Crippen molar-refractivity contribution in [1.29, 1.82) is 0 Å². The Bertz CT molecular complexity index is 823. The second kappa shape index (κ2) is 9.15. The standard InChI is InChI=1S/C21H29N3O3/c1-3-15(4-2)19(24-9-11-27-12-10-24)14-22-21(26)17-13-20(25)23-18-8-6-5-7-16(17)18/h5-8,13,15,19H,3-4,9-12,14H2,1-2H3,(H,22,26)(H,23,25). The summed E-state index contributed by atoms with van der Waals surface area (Å²) in [5.41, 5.74) is 0.850. The number of aromatic nitrogens is 1. The van der Waals surface area contributed by atoms with Gasteiger partial charge in [0.2, 0.25) is 5.56 Å². The van der Waals surface area contributed by atoms with Crippen molar-refractivity contribution in [2.24, 2.45) is 5.92 Å². The number of amides is 1. The number of para-hydroxylation sites is 1. The number of ether oxygens (including phenoxy) is 1. The molecule has 27 heavy (non-hydrogen) atoms. The number of carbonyl (C=O) groups excluding carboxylic acids is 1. The van der Waals surface area contributed by atoms with Crippen molar-refractivity contribution in [3.05, 3.63) is 46.2 Å². The lowest BCUT2D eigenvalue weighted by Crippen LogP contribution is -2.52. The molecule has 6 heteroatoms. The first-order valence-electron chi connectivity index (χ1n) is 9.86. The van der Waals surface area contributed by atoms with Crippen LogP contribution in [0.2, 0.25) is 0 Å². The Hall–Kier alpha value is -2.18. The molecule has 0 aliphatic carbocycles. The van der Waals surface area contributed by atoms with Crippen molar-refractivity contribution in [2.45, 2.75) is 32.7 Å². The highest BCUT2D eigenvalue weighted by molar-refractivity contribution is 6.05. The van der Waals surface area contributed by atoms with Crippen LogP contribution in [0, 0.1) is 5.92 Å². The third-order valence-corrected chi connectivity index (χ3v) is 5.57. The summed E-state index contributed by atoms with van der Waals surface area (Å²) in [7, 11) is 0. The number of hydrogen-bond acceptors (Lipinski definition) is 4. The smallest absolute Gasteiger partial charge is 0.252 e. The van der Waals surface area contributed by atoms with Gasteiger partial charge in [-0.05, 0) is 12.0 Å². The lowest BCUT2D eigenvalue weighted by Gasteiger charge is -2.38. The first-order valence-corrected chi connectivity index (χ1v) is 9.86. The van der Waals surface area contributed by atoms with E-state index in [4.69, 9.17) is 4.74 Å². The van der Waals surface area contributed by atoms with E-state index in [1.165, 1.54) is 6.07 Å². The average Bonchev–Trinajstić information content (AvgIpc) is 2.70. The van der Waals surface area contributed by atoms with Crippen LogP contribution < -0.4 is 10.9 Å². The molecular weight excluding hydrogens is 342 g/mol. The van der Waals surface area contributed by atoms with Gasteiger partial charge in [0.15, 0.2) is 0 Å². The topological polar surface area (TPSA) is 74.4 Å². The molecular formula is C21H29N3O3. The molecule has 0 spiro atoms. The SMILES string of the molecule is CCC(CC)C(CNC(=O)c1cc(=O)[nH]c2ccccc12)N1CCOCC1. The van der Waals surface area contributed by atoms with Crippen molar-refractivity contribution in [1.82, 2.24) is 15.2 Å². The first-order chi connectivity index (χ1) is 13.1. The number of hydrogen-bond donors (Lipinski definition) is 2. The van der Waals surface area contributed by atoms with E-state index in [1.807, 2.05) is 24.3 Å². The van der Waals surface area contributed by atoms with Crippen LogP contribution in [-0.2, 0) is 4.74 Å². The van der Waals surface area contributed by atoms with Gasteiger partial charge in [0.05, 0.1) is 18.8 Å². The predicted molar refractivity (Wildman–Crippen MR) is 107 cm³/mol. The van der Waals surface area contributed by atoms with Gasteiger partial charge in [0.1, 0.15) is 0 Å². The second-order valence-electron chi connectivity index (χ2n) is 7.10. The molecule has 146 valence electrons. The number of nitrogens with one attached hydrogen (secondary N) is 2. The molecule has 1 aromatic carbocycles. The van der Waals surface area contributed by atoms with E-state index in [-0.39, 0.29) is 17.5 Å². The maximum atomic E-state index is 12.9. The zero-order chi connectivity index (χ0) is 19.2. The van der Waals surface area contributed by atoms with Crippen LogP contribution in [0.3, 0.4) is 0 Å². The van der Waals surface area contributed by atoms with Gasteiger partial charge in [0.25, 0.3) is 5.91 Å². The Morgan fingerprint density at radius 3 is 2.63 bits per heavy atom. The number of pyridine rings is 1. The number of fused-ring (bicyclic) bond motifs is 1. The van der Waals surface area contributed by atoms with E-state index in [2.05, 4.69) is 29.0 Å². The van der Waals surface area contributed by atoms with Crippen molar-refractivity contribution in [3.8, 4) is 0 Å². The van der Waals surface area contributed by atoms with E-state index in [0.717, 1.165) is 44.5 Å². The number of morpholine rings is 1. The van der Waals surface area contributed by atoms with Gasteiger partial charge < -0.3 is 15.0 Å². The van der Waals surface area contributed by atoms with E-state index in [9.17, 15) is 9.59 Å². The monoisotopic (exact) mass is 371 g/mol. The molecule has 1 aromatic heterocycles. The van der Waals surface area contributed by atoms with Gasteiger partial charge in [0, 0.05) is 42.6 Å². The van der Waals surface area contributed by atoms with Crippen LogP contribution in [0.4, 0.5) is 0 Å². The van der Waals surface area contributed by atoms with Crippen molar-refractivity contribution in [3.63, 3.8) is 0 Å². The number of benzene rings is 1. The molecule has 1 unspecified atom stereocenters. The summed E-state index contributed by atoms with van der Waals surface area (Å²) in [6.07, 6.45) is 2.14. The quantitative estimate of drug-likeness (QED) is 0.784. The first kappa shape index (κ1) is 19.6. The molecule has 0 bridgehead atoms. The zero-order valence-corrected chi connectivity index (χ0v) is 16.2.